The summed E-state index contributed by atoms with van der Waals surface area (Å²) in [5, 5.41) is 3.43. The molecule has 0 saturated heterocycles. The molecule has 0 unspecified atom stereocenters. The zero-order valence-corrected chi connectivity index (χ0v) is 12.5. The van der Waals surface area contributed by atoms with Gasteiger partial charge in [-0.05, 0) is 46.6 Å². The predicted molar refractivity (Wildman–Crippen MR) is 79.3 cm³/mol. The monoisotopic (exact) mass is 323 g/mol. The van der Waals surface area contributed by atoms with E-state index in [1.54, 1.807) is 13.3 Å². The van der Waals surface area contributed by atoms with Gasteiger partial charge < -0.3 is 15.0 Å². The highest BCUT2D eigenvalue weighted by Crippen LogP contribution is 2.25. The quantitative estimate of drug-likeness (QED) is 0.770. The second-order valence-electron chi connectivity index (χ2n) is 4.29. The summed E-state index contributed by atoms with van der Waals surface area (Å²) in [5.74, 6) is 1.91. The van der Waals surface area contributed by atoms with Crippen LogP contribution in [-0.2, 0) is 13.0 Å². The number of methoxy groups -OCH3 is 1. The van der Waals surface area contributed by atoms with Gasteiger partial charge in [-0.2, -0.15) is 0 Å². The number of ether oxygens (including phenoxy) is 1. The highest BCUT2D eigenvalue weighted by Gasteiger charge is 2.01. The van der Waals surface area contributed by atoms with Gasteiger partial charge in [-0.1, -0.05) is 6.07 Å². The Kier molecular flexibility index (Phi) is 5.42. The Morgan fingerprint density at radius 2 is 2.32 bits per heavy atom. The van der Waals surface area contributed by atoms with Crippen LogP contribution in [0.5, 0.6) is 5.75 Å². The third kappa shape index (κ3) is 4.36. The zero-order chi connectivity index (χ0) is 13.5. The number of imidazole rings is 1. The molecule has 5 heteroatoms. The minimum Gasteiger partial charge on any atom is -0.496 e. The third-order valence-corrected chi connectivity index (χ3v) is 3.49. The summed E-state index contributed by atoms with van der Waals surface area (Å²) < 4.78 is 6.20. The Labute approximate surface area is 121 Å². The zero-order valence-electron chi connectivity index (χ0n) is 10.9. The van der Waals surface area contributed by atoms with Crippen molar-refractivity contribution < 1.29 is 4.74 Å². The van der Waals surface area contributed by atoms with Crippen molar-refractivity contribution in [2.24, 2.45) is 0 Å². The number of aromatic nitrogens is 2. The highest BCUT2D eigenvalue weighted by atomic mass is 79.9. The van der Waals surface area contributed by atoms with Crippen LogP contribution in [0.1, 0.15) is 17.8 Å². The van der Waals surface area contributed by atoms with Gasteiger partial charge in [0.05, 0.1) is 11.6 Å². The lowest BCUT2D eigenvalue weighted by atomic mass is 10.2. The molecule has 0 radical (unpaired) electrons. The average molecular weight is 324 g/mol. The summed E-state index contributed by atoms with van der Waals surface area (Å²) in [5.41, 5.74) is 1.24. The van der Waals surface area contributed by atoms with Gasteiger partial charge in [0.2, 0.25) is 0 Å². The van der Waals surface area contributed by atoms with Crippen LogP contribution < -0.4 is 10.1 Å². The number of H-pyrrole nitrogens is 1. The van der Waals surface area contributed by atoms with Crippen LogP contribution in [0.2, 0.25) is 0 Å². The molecule has 102 valence electrons. The maximum atomic E-state index is 5.21. The number of hydrogen-bond donors (Lipinski definition) is 2. The molecule has 2 aromatic rings. The molecule has 0 aliphatic carbocycles. The number of nitrogens with zero attached hydrogens (tertiary/aromatic N) is 1. The van der Waals surface area contributed by atoms with E-state index >= 15 is 0 Å². The average Bonchev–Trinajstić information content (AvgIpc) is 2.92. The van der Waals surface area contributed by atoms with Crippen LogP contribution >= 0.6 is 15.9 Å². The Hall–Kier alpha value is -1.33. The van der Waals surface area contributed by atoms with Gasteiger partial charge in [-0.15, -0.1) is 0 Å². The van der Waals surface area contributed by atoms with E-state index in [0.29, 0.717) is 0 Å². The number of aromatic amines is 1. The molecule has 1 heterocycles. The minimum absolute atomic E-state index is 0.862. The number of rotatable bonds is 7. The summed E-state index contributed by atoms with van der Waals surface area (Å²) in [6, 6.07) is 6.13. The van der Waals surface area contributed by atoms with Crippen LogP contribution in [0, 0.1) is 0 Å². The fraction of sp³-hybridized carbons (Fsp3) is 0.357. The number of hydrogen-bond acceptors (Lipinski definition) is 3. The lowest BCUT2D eigenvalue weighted by Crippen LogP contribution is -2.15. The van der Waals surface area contributed by atoms with Crippen LogP contribution in [-0.4, -0.2) is 23.6 Å². The molecule has 19 heavy (non-hydrogen) atoms. The summed E-state index contributed by atoms with van der Waals surface area (Å²) in [6.07, 6.45) is 5.70. The first-order valence-corrected chi connectivity index (χ1v) is 7.10. The van der Waals surface area contributed by atoms with Crippen LogP contribution in [0.4, 0.5) is 0 Å². The summed E-state index contributed by atoms with van der Waals surface area (Å²) in [4.78, 5) is 7.31. The molecule has 0 spiro atoms. The Morgan fingerprint density at radius 1 is 1.42 bits per heavy atom. The Balaban J connectivity index is 1.69. The molecule has 0 atom stereocenters. The molecule has 0 bridgehead atoms. The van der Waals surface area contributed by atoms with Crippen molar-refractivity contribution in [3.05, 3.63) is 46.5 Å². The first-order chi connectivity index (χ1) is 9.29. The van der Waals surface area contributed by atoms with Crippen LogP contribution in [0.15, 0.2) is 35.1 Å². The lowest BCUT2D eigenvalue weighted by Gasteiger charge is -2.07. The summed E-state index contributed by atoms with van der Waals surface area (Å²) >= 11 is 3.49. The highest BCUT2D eigenvalue weighted by molar-refractivity contribution is 9.10. The number of benzene rings is 1. The smallest absolute Gasteiger partial charge is 0.133 e. The molecular formula is C14H18BrN3O. The van der Waals surface area contributed by atoms with E-state index < -0.39 is 0 Å². The minimum atomic E-state index is 0.862. The van der Waals surface area contributed by atoms with Gasteiger partial charge in [-0.25, -0.2) is 4.98 Å². The number of aryl methyl sites for hydroxylation is 1. The molecular weight excluding hydrogens is 306 g/mol. The van der Waals surface area contributed by atoms with E-state index in [2.05, 4.69) is 43.3 Å². The van der Waals surface area contributed by atoms with Gasteiger partial charge in [-0.3, -0.25) is 0 Å². The second-order valence-corrected chi connectivity index (χ2v) is 5.14. The molecule has 1 aromatic carbocycles. The van der Waals surface area contributed by atoms with Gasteiger partial charge >= 0.3 is 0 Å². The van der Waals surface area contributed by atoms with Gasteiger partial charge in [0.15, 0.2) is 0 Å². The number of nitrogens with one attached hydrogen (secondary N) is 2. The van der Waals surface area contributed by atoms with Gasteiger partial charge in [0.25, 0.3) is 0 Å². The van der Waals surface area contributed by atoms with Crippen LogP contribution in [0.25, 0.3) is 0 Å². The largest absolute Gasteiger partial charge is 0.496 e. The molecule has 0 saturated carbocycles. The van der Waals surface area contributed by atoms with Crippen molar-refractivity contribution >= 4 is 15.9 Å². The summed E-state index contributed by atoms with van der Waals surface area (Å²) in [6.45, 7) is 1.84. The normalized spacial score (nSPS) is 10.6. The van der Waals surface area contributed by atoms with E-state index in [-0.39, 0.29) is 0 Å². The topological polar surface area (TPSA) is 49.9 Å². The standard InChI is InChI=1S/C14H18BrN3O/c1-19-13-5-4-11(9-12(13)15)10-16-6-2-3-14-17-7-8-18-14/h4-5,7-9,16H,2-3,6,10H2,1H3,(H,17,18). The number of halogens is 1. The van der Waals surface area contributed by atoms with E-state index in [1.165, 1.54) is 5.56 Å². The fourth-order valence-electron chi connectivity index (χ4n) is 1.87. The molecule has 0 aliphatic rings. The van der Waals surface area contributed by atoms with E-state index in [1.807, 2.05) is 12.3 Å². The molecule has 1 aromatic heterocycles. The van der Waals surface area contributed by atoms with Crippen molar-refractivity contribution in [2.75, 3.05) is 13.7 Å². The molecule has 4 nitrogen and oxygen atoms in total. The summed E-state index contributed by atoms with van der Waals surface area (Å²) in [7, 11) is 1.67. The van der Waals surface area contributed by atoms with Gasteiger partial charge in [0, 0.05) is 25.4 Å². The maximum absolute atomic E-state index is 5.21. The predicted octanol–water partition coefficient (Wildman–Crippen LogP) is 2.90. The van der Waals surface area contributed by atoms with Crippen molar-refractivity contribution in [3.8, 4) is 5.75 Å². The SMILES string of the molecule is COc1ccc(CNCCCc2ncc[nH]2)cc1Br. The Bertz CT molecular complexity index is 499. The Morgan fingerprint density at radius 3 is 3.00 bits per heavy atom. The van der Waals surface area contributed by atoms with E-state index in [0.717, 1.165) is 42.0 Å². The van der Waals surface area contributed by atoms with Gasteiger partial charge in [0.1, 0.15) is 11.6 Å². The van der Waals surface area contributed by atoms with Crippen LogP contribution in [0.3, 0.4) is 0 Å². The first kappa shape index (κ1) is 14.1. The first-order valence-electron chi connectivity index (χ1n) is 6.31. The molecule has 0 aliphatic heterocycles. The van der Waals surface area contributed by atoms with Crippen molar-refractivity contribution in [3.63, 3.8) is 0 Å². The lowest BCUT2D eigenvalue weighted by molar-refractivity contribution is 0.412. The van der Waals surface area contributed by atoms with E-state index in [9.17, 15) is 0 Å². The van der Waals surface area contributed by atoms with Crippen molar-refractivity contribution in [1.82, 2.24) is 15.3 Å². The molecule has 0 fully saturated rings. The second kappa shape index (κ2) is 7.31. The molecule has 2 rings (SSSR count). The van der Waals surface area contributed by atoms with E-state index in [4.69, 9.17) is 4.74 Å². The van der Waals surface area contributed by atoms with Crippen molar-refractivity contribution in [1.29, 1.82) is 0 Å². The third-order valence-electron chi connectivity index (χ3n) is 2.87. The molecule has 0 amide bonds. The fourth-order valence-corrected chi connectivity index (χ4v) is 2.46. The molecule has 2 N–H and O–H groups in total. The maximum Gasteiger partial charge on any atom is 0.133 e. The van der Waals surface area contributed by atoms with Crippen molar-refractivity contribution in [2.45, 2.75) is 19.4 Å².